The summed E-state index contributed by atoms with van der Waals surface area (Å²) in [5.41, 5.74) is 0.720. The Morgan fingerprint density at radius 1 is 1.19 bits per heavy atom. The summed E-state index contributed by atoms with van der Waals surface area (Å²) >= 11 is 0. The number of para-hydroxylation sites is 1. The van der Waals surface area contributed by atoms with E-state index >= 15 is 0 Å². The Balaban J connectivity index is 1.94. The molecule has 0 atom stereocenters. The van der Waals surface area contributed by atoms with E-state index in [1.54, 1.807) is 43.4 Å². The number of carbonyl (C=O) groups excluding carboxylic acids is 1. The summed E-state index contributed by atoms with van der Waals surface area (Å²) in [6, 6.07) is 11.5. The molecule has 3 rings (SSSR count). The Bertz CT molecular complexity index is 832. The smallest absolute Gasteiger partial charge is 0.282 e. The number of rotatable bonds is 7. The van der Waals surface area contributed by atoms with Crippen LogP contribution in [0.15, 0.2) is 42.5 Å². The Morgan fingerprint density at radius 2 is 1.92 bits per heavy atom. The molecule has 2 aromatic rings. The number of hydrogen-bond acceptors (Lipinski definition) is 5. The van der Waals surface area contributed by atoms with Crippen LogP contribution in [0.4, 0.5) is 5.69 Å². The molecule has 1 aliphatic carbocycles. The van der Waals surface area contributed by atoms with Gasteiger partial charge in [0.05, 0.1) is 25.7 Å². The lowest BCUT2D eigenvalue weighted by atomic mass is 10.1. The molecular weight excluding hydrogens is 336 g/mol. The van der Waals surface area contributed by atoms with Crippen LogP contribution in [0.3, 0.4) is 0 Å². The van der Waals surface area contributed by atoms with E-state index in [0.29, 0.717) is 18.0 Å². The van der Waals surface area contributed by atoms with Gasteiger partial charge >= 0.3 is 0 Å². The summed E-state index contributed by atoms with van der Waals surface area (Å²) in [5.74, 6) is 0.964. The molecule has 136 valence electrons. The molecular formula is C19H20N2O5. The third kappa shape index (κ3) is 3.61. The van der Waals surface area contributed by atoms with Crippen molar-refractivity contribution >= 4 is 11.6 Å². The normalized spacial score (nSPS) is 13.2. The first-order valence-electron chi connectivity index (χ1n) is 8.30. The third-order valence-corrected chi connectivity index (χ3v) is 4.41. The van der Waals surface area contributed by atoms with Gasteiger partial charge in [0.2, 0.25) is 0 Å². The van der Waals surface area contributed by atoms with Gasteiger partial charge in [-0.1, -0.05) is 12.1 Å². The first kappa shape index (κ1) is 17.7. The number of ether oxygens (including phenoxy) is 2. The second-order valence-corrected chi connectivity index (χ2v) is 6.12. The monoisotopic (exact) mass is 356 g/mol. The maximum absolute atomic E-state index is 13.1. The fourth-order valence-electron chi connectivity index (χ4n) is 2.91. The number of nitrogens with zero attached hydrogens (tertiary/aromatic N) is 2. The molecule has 26 heavy (non-hydrogen) atoms. The SMILES string of the molecule is COc1ccc(OC)c(CN(C(=O)c2ccccc2[N+](=O)[O-])C2CC2)c1. The largest absolute Gasteiger partial charge is 0.497 e. The molecule has 0 aromatic heterocycles. The minimum atomic E-state index is -0.523. The lowest BCUT2D eigenvalue weighted by Crippen LogP contribution is -2.33. The van der Waals surface area contributed by atoms with E-state index in [1.807, 2.05) is 6.07 Å². The molecule has 1 amide bonds. The number of benzene rings is 2. The highest BCUT2D eigenvalue weighted by Gasteiger charge is 2.35. The van der Waals surface area contributed by atoms with Gasteiger partial charge in [0.1, 0.15) is 17.1 Å². The zero-order valence-electron chi connectivity index (χ0n) is 14.7. The molecule has 0 unspecified atom stereocenters. The first-order valence-corrected chi connectivity index (χ1v) is 8.30. The van der Waals surface area contributed by atoms with Crippen LogP contribution in [-0.2, 0) is 6.54 Å². The quantitative estimate of drug-likeness (QED) is 0.561. The highest BCUT2D eigenvalue weighted by Crippen LogP contribution is 2.34. The van der Waals surface area contributed by atoms with Gasteiger partial charge in [-0.15, -0.1) is 0 Å². The van der Waals surface area contributed by atoms with Gasteiger partial charge in [-0.05, 0) is 37.1 Å². The second-order valence-electron chi connectivity index (χ2n) is 6.12. The van der Waals surface area contributed by atoms with Crippen molar-refractivity contribution in [2.24, 2.45) is 0 Å². The van der Waals surface area contributed by atoms with Gasteiger partial charge in [0.25, 0.3) is 11.6 Å². The van der Waals surface area contributed by atoms with Gasteiger partial charge in [0, 0.05) is 17.7 Å². The second kappa shape index (κ2) is 7.43. The average Bonchev–Trinajstić information content (AvgIpc) is 3.50. The maximum Gasteiger partial charge on any atom is 0.282 e. The van der Waals surface area contributed by atoms with Gasteiger partial charge < -0.3 is 14.4 Å². The van der Waals surface area contributed by atoms with Crippen LogP contribution in [0.1, 0.15) is 28.8 Å². The van der Waals surface area contributed by atoms with Crippen molar-refractivity contribution in [3.05, 3.63) is 63.7 Å². The maximum atomic E-state index is 13.1. The van der Waals surface area contributed by atoms with Crippen molar-refractivity contribution in [3.63, 3.8) is 0 Å². The zero-order chi connectivity index (χ0) is 18.7. The van der Waals surface area contributed by atoms with Crippen molar-refractivity contribution in [2.45, 2.75) is 25.4 Å². The molecule has 7 heteroatoms. The summed E-state index contributed by atoms with van der Waals surface area (Å²) in [6.07, 6.45) is 1.78. The van der Waals surface area contributed by atoms with E-state index in [4.69, 9.17) is 9.47 Å². The molecule has 0 aliphatic heterocycles. The fraction of sp³-hybridized carbons (Fsp3) is 0.316. The minimum Gasteiger partial charge on any atom is -0.497 e. The first-order chi connectivity index (χ1) is 12.5. The number of amides is 1. The number of hydrogen-bond donors (Lipinski definition) is 0. The predicted molar refractivity (Wildman–Crippen MR) is 95.5 cm³/mol. The minimum absolute atomic E-state index is 0.0817. The molecule has 0 spiro atoms. The highest BCUT2D eigenvalue weighted by atomic mass is 16.6. The lowest BCUT2D eigenvalue weighted by Gasteiger charge is -2.24. The Morgan fingerprint density at radius 3 is 2.54 bits per heavy atom. The van der Waals surface area contributed by atoms with Crippen molar-refractivity contribution in [3.8, 4) is 11.5 Å². The molecule has 7 nitrogen and oxygen atoms in total. The van der Waals surface area contributed by atoms with Crippen LogP contribution in [0.25, 0.3) is 0 Å². The van der Waals surface area contributed by atoms with Crippen LogP contribution in [0.5, 0.6) is 11.5 Å². The van der Waals surface area contributed by atoms with Crippen LogP contribution >= 0.6 is 0 Å². The molecule has 0 radical (unpaired) electrons. The van der Waals surface area contributed by atoms with Crippen molar-refractivity contribution in [1.29, 1.82) is 0 Å². The third-order valence-electron chi connectivity index (χ3n) is 4.41. The number of carbonyl (C=O) groups is 1. The van der Waals surface area contributed by atoms with Gasteiger partial charge in [0.15, 0.2) is 0 Å². The van der Waals surface area contributed by atoms with Crippen LogP contribution < -0.4 is 9.47 Å². The van der Waals surface area contributed by atoms with Gasteiger partial charge in [-0.3, -0.25) is 14.9 Å². The Labute approximate surface area is 151 Å². The summed E-state index contributed by atoms with van der Waals surface area (Å²) < 4.78 is 10.7. The van der Waals surface area contributed by atoms with E-state index in [-0.39, 0.29) is 23.2 Å². The van der Waals surface area contributed by atoms with Crippen LogP contribution in [0.2, 0.25) is 0 Å². The number of methoxy groups -OCH3 is 2. The summed E-state index contributed by atoms with van der Waals surface area (Å²) in [7, 11) is 3.14. The van der Waals surface area contributed by atoms with E-state index < -0.39 is 4.92 Å². The van der Waals surface area contributed by atoms with E-state index in [0.717, 1.165) is 18.4 Å². The van der Waals surface area contributed by atoms with Crippen molar-refractivity contribution in [2.75, 3.05) is 14.2 Å². The van der Waals surface area contributed by atoms with E-state index in [9.17, 15) is 14.9 Å². The summed E-state index contributed by atoms with van der Waals surface area (Å²) in [4.78, 5) is 25.5. The van der Waals surface area contributed by atoms with Crippen molar-refractivity contribution < 1.29 is 19.2 Å². The molecule has 1 fully saturated rings. The number of nitro groups is 1. The molecule has 1 saturated carbocycles. The highest BCUT2D eigenvalue weighted by molar-refractivity contribution is 5.98. The van der Waals surface area contributed by atoms with E-state index in [2.05, 4.69) is 0 Å². The average molecular weight is 356 g/mol. The predicted octanol–water partition coefficient (Wildman–Crippen LogP) is 3.42. The molecule has 0 N–H and O–H groups in total. The van der Waals surface area contributed by atoms with Crippen molar-refractivity contribution in [1.82, 2.24) is 4.90 Å². The van der Waals surface area contributed by atoms with E-state index in [1.165, 1.54) is 12.1 Å². The van der Waals surface area contributed by atoms with Crippen LogP contribution in [-0.4, -0.2) is 36.0 Å². The molecule has 2 aromatic carbocycles. The molecule has 0 saturated heterocycles. The molecule has 0 heterocycles. The van der Waals surface area contributed by atoms with Gasteiger partial charge in [-0.25, -0.2) is 0 Å². The Kier molecular flexibility index (Phi) is 5.06. The molecule has 1 aliphatic rings. The standard InChI is InChI=1S/C19H20N2O5/c1-25-15-9-10-18(26-2)13(11-15)12-20(14-7-8-14)19(22)16-5-3-4-6-17(16)21(23)24/h3-6,9-11,14H,7-8,12H2,1-2H3. The zero-order valence-corrected chi connectivity index (χ0v) is 14.7. The summed E-state index contributed by atoms with van der Waals surface area (Å²) in [6.45, 7) is 0.302. The van der Waals surface area contributed by atoms with Crippen LogP contribution in [0, 0.1) is 10.1 Å². The lowest BCUT2D eigenvalue weighted by molar-refractivity contribution is -0.385. The number of nitro benzene ring substituents is 1. The molecule has 0 bridgehead atoms. The topological polar surface area (TPSA) is 81.9 Å². The fourth-order valence-corrected chi connectivity index (χ4v) is 2.91. The Hall–Kier alpha value is -3.09. The summed E-state index contributed by atoms with van der Waals surface area (Å²) in [5, 5.41) is 11.3. The van der Waals surface area contributed by atoms with Gasteiger partial charge in [-0.2, -0.15) is 0 Å².